The van der Waals surface area contributed by atoms with Crippen molar-refractivity contribution in [2.75, 3.05) is 37.6 Å². The van der Waals surface area contributed by atoms with Gasteiger partial charge in [0.25, 0.3) is 5.91 Å². The van der Waals surface area contributed by atoms with Crippen molar-refractivity contribution in [3.63, 3.8) is 0 Å². The summed E-state index contributed by atoms with van der Waals surface area (Å²) in [6.45, 7) is 4.92. The van der Waals surface area contributed by atoms with Crippen LogP contribution in [0.25, 0.3) is 22.0 Å². The smallest absolute Gasteiger partial charge is 0.254 e. The van der Waals surface area contributed by atoms with E-state index in [4.69, 9.17) is 16.6 Å². The number of benzene rings is 3. The zero-order valence-corrected chi connectivity index (χ0v) is 25.1. The van der Waals surface area contributed by atoms with E-state index in [-0.39, 0.29) is 18.0 Å². The van der Waals surface area contributed by atoms with Crippen LogP contribution in [0.2, 0.25) is 5.02 Å². The van der Waals surface area contributed by atoms with Crippen molar-refractivity contribution in [2.24, 2.45) is 0 Å². The maximum Gasteiger partial charge on any atom is 0.254 e. The normalized spacial score (nSPS) is 20.7. The van der Waals surface area contributed by atoms with E-state index in [1.165, 1.54) is 18.4 Å². The van der Waals surface area contributed by atoms with Gasteiger partial charge in [-0.2, -0.15) is 5.26 Å². The third-order valence-electron chi connectivity index (χ3n) is 9.48. The first kappa shape index (κ1) is 27.9. The highest BCUT2D eigenvalue weighted by atomic mass is 35.5. The molecule has 0 radical (unpaired) electrons. The van der Waals surface area contributed by atoms with E-state index in [2.05, 4.69) is 45.0 Å². The molecule has 1 amide bonds. The summed E-state index contributed by atoms with van der Waals surface area (Å²) in [6.07, 6.45) is 6.70. The Labute approximate surface area is 258 Å². The van der Waals surface area contributed by atoms with Gasteiger partial charge in [-0.05, 0) is 111 Å². The van der Waals surface area contributed by atoms with Crippen LogP contribution >= 0.6 is 11.6 Å². The molecule has 3 aromatic carbocycles. The topological polar surface area (TPSA) is 63.5 Å². The van der Waals surface area contributed by atoms with Crippen LogP contribution in [0, 0.1) is 11.3 Å². The van der Waals surface area contributed by atoms with Crippen LogP contribution in [-0.2, 0) is 0 Å². The molecule has 0 aliphatic carbocycles. The van der Waals surface area contributed by atoms with Gasteiger partial charge in [0.1, 0.15) is 5.82 Å². The van der Waals surface area contributed by atoms with E-state index in [9.17, 15) is 10.1 Å². The maximum atomic E-state index is 14.5. The van der Waals surface area contributed by atoms with Crippen molar-refractivity contribution in [1.82, 2.24) is 14.8 Å². The van der Waals surface area contributed by atoms with Gasteiger partial charge in [0, 0.05) is 36.1 Å². The summed E-state index contributed by atoms with van der Waals surface area (Å²) in [7, 11) is 0. The molecule has 3 aliphatic heterocycles. The second-order valence-corrected chi connectivity index (χ2v) is 12.6. The van der Waals surface area contributed by atoms with Gasteiger partial charge in [0.2, 0.25) is 0 Å². The summed E-state index contributed by atoms with van der Waals surface area (Å²) in [5.74, 6) is 0.962. The number of amides is 1. The van der Waals surface area contributed by atoms with Crippen LogP contribution in [0.1, 0.15) is 66.1 Å². The number of carbonyl (C=O) groups excluding carboxylic acids is 1. The van der Waals surface area contributed by atoms with Crippen molar-refractivity contribution in [2.45, 2.75) is 50.6 Å². The van der Waals surface area contributed by atoms with E-state index >= 15 is 0 Å². The molecule has 4 heterocycles. The molecule has 7 rings (SSSR count). The maximum absolute atomic E-state index is 14.5. The fourth-order valence-electron chi connectivity index (χ4n) is 7.24. The highest BCUT2D eigenvalue weighted by molar-refractivity contribution is 6.30. The molecular weight excluding hydrogens is 554 g/mol. The van der Waals surface area contributed by atoms with Crippen molar-refractivity contribution < 1.29 is 4.79 Å². The number of carbonyl (C=O) groups is 1. The number of nitriles is 1. The Morgan fingerprint density at radius 3 is 2.37 bits per heavy atom. The van der Waals surface area contributed by atoms with Crippen molar-refractivity contribution in [3.8, 4) is 17.2 Å². The van der Waals surface area contributed by atoms with Crippen LogP contribution in [0.15, 0.2) is 72.8 Å². The highest BCUT2D eigenvalue weighted by Crippen LogP contribution is 2.38. The molecule has 3 fully saturated rings. The zero-order chi connectivity index (χ0) is 29.3. The third kappa shape index (κ3) is 5.60. The number of nitrogens with zero attached hydrogens (tertiary/aromatic N) is 5. The molecule has 0 saturated carbocycles. The second kappa shape index (κ2) is 12.0. The minimum atomic E-state index is 0.106. The Balaban J connectivity index is 1.30. The minimum Gasteiger partial charge on any atom is -0.350 e. The number of aromatic nitrogens is 1. The number of pyridine rings is 1. The lowest BCUT2D eigenvalue weighted by molar-refractivity contribution is 0.0710. The first-order valence-electron chi connectivity index (χ1n) is 15.6. The largest absolute Gasteiger partial charge is 0.350 e. The average molecular weight is 590 g/mol. The molecule has 3 aliphatic rings. The summed E-state index contributed by atoms with van der Waals surface area (Å²) in [6, 6.07) is 26.6. The van der Waals surface area contributed by atoms with Crippen molar-refractivity contribution in [1.29, 1.82) is 5.26 Å². The van der Waals surface area contributed by atoms with Gasteiger partial charge in [-0.1, -0.05) is 41.9 Å². The van der Waals surface area contributed by atoms with Gasteiger partial charge in [-0.3, -0.25) is 4.79 Å². The Hall–Kier alpha value is -3.92. The number of hydrogen-bond acceptors (Lipinski definition) is 5. The van der Waals surface area contributed by atoms with E-state index in [1.807, 2.05) is 48.5 Å². The predicted molar refractivity (Wildman–Crippen MR) is 172 cm³/mol. The van der Waals surface area contributed by atoms with Crippen LogP contribution in [0.3, 0.4) is 0 Å². The molecule has 4 aromatic rings. The molecule has 43 heavy (non-hydrogen) atoms. The number of likely N-dealkylation sites (tertiary alicyclic amines) is 2. The molecule has 1 aromatic heterocycles. The lowest BCUT2D eigenvalue weighted by Gasteiger charge is -2.30. The Morgan fingerprint density at radius 1 is 0.860 bits per heavy atom. The first-order valence-corrected chi connectivity index (χ1v) is 16.0. The number of hydrogen-bond donors (Lipinski definition) is 0. The monoisotopic (exact) mass is 589 g/mol. The Morgan fingerprint density at radius 2 is 1.60 bits per heavy atom. The van der Waals surface area contributed by atoms with Crippen LogP contribution in [0.5, 0.6) is 0 Å². The number of rotatable bonds is 6. The number of anilines is 1. The van der Waals surface area contributed by atoms with Gasteiger partial charge in [-0.25, -0.2) is 4.98 Å². The molecule has 2 atom stereocenters. The minimum absolute atomic E-state index is 0.106. The van der Waals surface area contributed by atoms with Crippen molar-refractivity contribution in [3.05, 3.63) is 94.5 Å². The molecular formula is C36H36ClN5O. The summed E-state index contributed by atoms with van der Waals surface area (Å²) in [5, 5.41) is 10.9. The fourth-order valence-corrected chi connectivity index (χ4v) is 7.36. The Bertz CT molecular complexity index is 1670. The first-order chi connectivity index (χ1) is 21.1. The molecule has 218 valence electrons. The second-order valence-electron chi connectivity index (χ2n) is 12.2. The van der Waals surface area contributed by atoms with Gasteiger partial charge >= 0.3 is 0 Å². The van der Waals surface area contributed by atoms with Crippen LogP contribution in [0.4, 0.5) is 5.82 Å². The average Bonchev–Trinajstić information content (AvgIpc) is 3.84. The van der Waals surface area contributed by atoms with Gasteiger partial charge < -0.3 is 14.7 Å². The third-order valence-corrected chi connectivity index (χ3v) is 9.73. The van der Waals surface area contributed by atoms with Crippen LogP contribution in [-0.4, -0.2) is 59.5 Å². The highest BCUT2D eigenvalue weighted by Gasteiger charge is 2.34. The van der Waals surface area contributed by atoms with E-state index in [0.29, 0.717) is 5.56 Å². The van der Waals surface area contributed by atoms with Gasteiger partial charge in [0.15, 0.2) is 0 Å². The van der Waals surface area contributed by atoms with Gasteiger partial charge in [0.05, 0.1) is 28.8 Å². The molecule has 3 saturated heterocycles. The lowest BCUT2D eigenvalue weighted by atomic mass is 9.99. The Kier molecular flexibility index (Phi) is 7.78. The zero-order valence-electron chi connectivity index (χ0n) is 24.4. The SMILES string of the molecule is N#Cc1ccc(-c2ccc3nc(N4CCCC4c4ccc(Cl)cc4)cc(C(=O)N4CCC[C@H]4CN4CCCC4)c3c2)cc1. The van der Waals surface area contributed by atoms with Crippen LogP contribution < -0.4 is 4.90 Å². The molecule has 6 nitrogen and oxygen atoms in total. The number of halogens is 1. The summed E-state index contributed by atoms with van der Waals surface area (Å²) < 4.78 is 0. The molecule has 0 spiro atoms. The van der Waals surface area contributed by atoms with Gasteiger partial charge in [-0.15, -0.1) is 0 Å². The summed E-state index contributed by atoms with van der Waals surface area (Å²) in [5.41, 5.74) is 5.43. The molecule has 0 bridgehead atoms. The quantitative estimate of drug-likeness (QED) is 0.233. The lowest BCUT2D eigenvalue weighted by Crippen LogP contribution is -2.42. The molecule has 7 heteroatoms. The fraction of sp³-hybridized carbons (Fsp3) is 0.361. The molecule has 0 N–H and O–H groups in total. The van der Waals surface area contributed by atoms with E-state index < -0.39 is 0 Å². The van der Waals surface area contributed by atoms with E-state index in [1.54, 1.807) is 0 Å². The summed E-state index contributed by atoms with van der Waals surface area (Å²) in [4.78, 5) is 26.7. The number of fused-ring (bicyclic) bond motifs is 1. The van der Waals surface area contributed by atoms with Crippen molar-refractivity contribution >= 4 is 34.2 Å². The van der Waals surface area contributed by atoms with E-state index in [0.717, 1.165) is 96.8 Å². The standard InChI is InChI=1S/C36H36ClN5O/c37-29-14-11-27(12-15-29)34-6-4-20-42(34)35-22-32(36(43)41-19-3-5-30(41)24-40-17-1-2-18-40)31-21-28(13-16-33(31)39-35)26-9-7-25(23-38)8-10-26/h7-16,21-22,30,34H,1-6,17-20,24H2/t30-,34?/m0/s1. The predicted octanol–water partition coefficient (Wildman–Crippen LogP) is 7.47. The molecule has 1 unspecified atom stereocenters. The summed E-state index contributed by atoms with van der Waals surface area (Å²) >= 11 is 6.21.